The zero-order chi connectivity index (χ0) is 15.7. The quantitative estimate of drug-likeness (QED) is 0.382. The molecule has 24 heavy (non-hydrogen) atoms. The van der Waals surface area contributed by atoms with Gasteiger partial charge < -0.3 is 9.97 Å². The van der Waals surface area contributed by atoms with E-state index in [0.29, 0.717) is 0 Å². The van der Waals surface area contributed by atoms with Gasteiger partial charge >= 0.3 is 0 Å². The van der Waals surface area contributed by atoms with E-state index in [1.54, 1.807) is 0 Å². The van der Waals surface area contributed by atoms with Crippen molar-refractivity contribution in [3.05, 3.63) is 66.9 Å². The lowest BCUT2D eigenvalue weighted by molar-refractivity contribution is 1.42. The van der Waals surface area contributed by atoms with Crippen molar-refractivity contribution in [2.75, 3.05) is 0 Å². The average Bonchev–Trinajstić information content (AvgIpc) is 3.19. The van der Waals surface area contributed by atoms with Gasteiger partial charge in [0, 0.05) is 27.2 Å². The van der Waals surface area contributed by atoms with Crippen LogP contribution in [0.25, 0.3) is 54.5 Å². The maximum absolute atomic E-state index is 4.78. The molecular formula is C21H13N3. The minimum Gasteiger partial charge on any atom is -0.353 e. The SMILES string of the molecule is c1ccc2c(c1)ccc1[nH]c3c(ncc4[nH]c5ccccc5c43)c12. The first-order valence-corrected chi connectivity index (χ1v) is 8.09. The van der Waals surface area contributed by atoms with Crippen molar-refractivity contribution in [3.63, 3.8) is 0 Å². The Morgan fingerprint density at radius 3 is 2.42 bits per heavy atom. The Hall–Kier alpha value is -3.33. The summed E-state index contributed by atoms with van der Waals surface area (Å²) in [6, 6.07) is 21.2. The molecule has 3 aromatic carbocycles. The van der Waals surface area contributed by atoms with Crippen LogP contribution in [0.2, 0.25) is 0 Å². The second-order valence-electron chi connectivity index (χ2n) is 6.28. The van der Waals surface area contributed by atoms with Gasteiger partial charge in [-0.1, -0.05) is 48.5 Å². The maximum atomic E-state index is 4.78. The van der Waals surface area contributed by atoms with Crippen LogP contribution in [-0.2, 0) is 0 Å². The van der Waals surface area contributed by atoms with Crippen molar-refractivity contribution < 1.29 is 0 Å². The van der Waals surface area contributed by atoms with Crippen LogP contribution in [0.1, 0.15) is 0 Å². The predicted octanol–water partition coefficient (Wildman–Crippen LogP) is 5.50. The van der Waals surface area contributed by atoms with Gasteiger partial charge in [-0.25, -0.2) is 0 Å². The van der Waals surface area contributed by atoms with Crippen LogP contribution in [0.5, 0.6) is 0 Å². The van der Waals surface area contributed by atoms with E-state index in [-0.39, 0.29) is 0 Å². The van der Waals surface area contributed by atoms with Gasteiger partial charge in [0.15, 0.2) is 0 Å². The number of benzene rings is 3. The topological polar surface area (TPSA) is 44.5 Å². The summed E-state index contributed by atoms with van der Waals surface area (Å²) in [4.78, 5) is 11.9. The molecule has 0 bridgehead atoms. The van der Waals surface area contributed by atoms with Crippen molar-refractivity contribution in [2.24, 2.45) is 0 Å². The Balaban J connectivity index is 1.94. The average molecular weight is 307 g/mol. The third-order valence-corrected chi connectivity index (χ3v) is 4.97. The van der Waals surface area contributed by atoms with Crippen LogP contribution in [0.4, 0.5) is 0 Å². The molecule has 0 saturated heterocycles. The normalized spacial score (nSPS) is 12.2. The molecule has 6 aromatic rings. The highest BCUT2D eigenvalue weighted by Gasteiger charge is 2.14. The van der Waals surface area contributed by atoms with Crippen molar-refractivity contribution in [1.29, 1.82) is 0 Å². The molecule has 0 saturated carbocycles. The van der Waals surface area contributed by atoms with E-state index in [1.165, 1.54) is 26.9 Å². The zero-order valence-corrected chi connectivity index (χ0v) is 12.8. The zero-order valence-electron chi connectivity index (χ0n) is 12.8. The first-order chi connectivity index (χ1) is 11.9. The summed E-state index contributed by atoms with van der Waals surface area (Å²) >= 11 is 0. The standard InChI is InChI=1S/C21H13N3/c1-2-6-13-12(5-1)9-10-16-18(13)20-21(24-16)19-14-7-3-4-8-15(14)23-17(19)11-22-20/h1-11,23-24H. The van der Waals surface area contributed by atoms with Crippen molar-refractivity contribution in [1.82, 2.24) is 15.0 Å². The lowest BCUT2D eigenvalue weighted by atomic mass is 10.1. The summed E-state index contributed by atoms with van der Waals surface area (Å²) in [6.45, 7) is 0. The smallest absolute Gasteiger partial charge is 0.0971 e. The molecular weight excluding hydrogens is 294 g/mol. The van der Waals surface area contributed by atoms with Crippen LogP contribution in [0, 0.1) is 0 Å². The van der Waals surface area contributed by atoms with Crippen LogP contribution >= 0.6 is 0 Å². The summed E-state index contributed by atoms with van der Waals surface area (Å²) < 4.78 is 0. The molecule has 0 aliphatic heterocycles. The van der Waals surface area contributed by atoms with E-state index >= 15 is 0 Å². The fraction of sp³-hybridized carbons (Fsp3) is 0. The molecule has 0 radical (unpaired) electrons. The van der Waals surface area contributed by atoms with Crippen molar-refractivity contribution in [3.8, 4) is 0 Å². The van der Waals surface area contributed by atoms with Gasteiger partial charge in [-0.15, -0.1) is 0 Å². The number of hydrogen-bond donors (Lipinski definition) is 2. The molecule has 112 valence electrons. The summed E-state index contributed by atoms with van der Waals surface area (Å²) in [7, 11) is 0. The molecule has 0 unspecified atom stereocenters. The fourth-order valence-corrected chi connectivity index (χ4v) is 3.92. The monoisotopic (exact) mass is 307 g/mol. The predicted molar refractivity (Wildman–Crippen MR) is 100 cm³/mol. The summed E-state index contributed by atoms with van der Waals surface area (Å²) in [6.07, 6.45) is 1.95. The van der Waals surface area contributed by atoms with Crippen LogP contribution in [0.3, 0.4) is 0 Å². The summed E-state index contributed by atoms with van der Waals surface area (Å²) in [5.41, 5.74) is 5.49. The molecule has 3 heteroatoms. The van der Waals surface area contributed by atoms with Gasteiger partial charge in [-0.3, -0.25) is 4.98 Å². The first-order valence-electron chi connectivity index (χ1n) is 8.09. The van der Waals surface area contributed by atoms with E-state index in [0.717, 1.165) is 27.6 Å². The highest BCUT2D eigenvalue weighted by atomic mass is 14.8. The Morgan fingerprint density at radius 2 is 1.46 bits per heavy atom. The van der Waals surface area contributed by atoms with Gasteiger partial charge in [-0.05, 0) is 22.9 Å². The minimum atomic E-state index is 1.04. The van der Waals surface area contributed by atoms with E-state index in [4.69, 9.17) is 4.98 Å². The van der Waals surface area contributed by atoms with E-state index < -0.39 is 0 Å². The second-order valence-corrected chi connectivity index (χ2v) is 6.28. The van der Waals surface area contributed by atoms with Gasteiger partial charge in [0.05, 0.1) is 22.7 Å². The van der Waals surface area contributed by atoms with Gasteiger partial charge in [0.1, 0.15) is 0 Å². The third-order valence-electron chi connectivity index (χ3n) is 4.97. The number of fused-ring (bicyclic) bond motifs is 9. The molecule has 0 fully saturated rings. The number of rotatable bonds is 0. The summed E-state index contributed by atoms with van der Waals surface area (Å²) in [5, 5.41) is 6.14. The molecule has 3 nitrogen and oxygen atoms in total. The maximum Gasteiger partial charge on any atom is 0.0971 e. The molecule has 0 aliphatic carbocycles. The largest absolute Gasteiger partial charge is 0.353 e. The van der Waals surface area contributed by atoms with Crippen molar-refractivity contribution >= 4 is 54.5 Å². The van der Waals surface area contributed by atoms with Crippen molar-refractivity contribution in [2.45, 2.75) is 0 Å². The number of hydrogen-bond acceptors (Lipinski definition) is 1. The number of nitrogens with zero attached hydrogens (tertiary/aromatic N) is 1. The van der Waals surface area contributed by atoms with Gasteiger partial charge in [0.25, 0.3) is 0 Å². The molecule has 0 amide bonds. The Labute approximate surface area is 136 Å². The highest BCUT2D eigenvalue weighted by molar-refractivity contribution is 6.27. The molecule has 0 atom stereocenters. The minimum absolute atomic E-state index is 1.04. The molecule has 6 rings (SSSR count). The van der Waals surface area contributed by atoms with Crippen LogP contribution in [0.15, 0.2) is 66.9 Å². The van der Waals surface area contributed by atoms with E-state index in [2.05, 4.69) is 70.6 Å². The van der Waals surface area contributed by atoms with Gasteiger partial charge in [-0.2, -0.15) is 0 Å². The lowest BCUT2D eigenvalue weighted by Crippen LogP contribution is -1.78. The fourth-order valence-electron chi connectivity index (χ4n) is 3.92. The van der Waals surface area contributed by atoms with E-state index in [1.807, 2.05) is 6.20 Å². The number of aromatic nitrogens is 3. The second kappa shape index (κ2) is 4.15. The van der Waals surface area contributed by atoms with Gasteiger partial charge in [0.2, 0.25) is 0 Å². The first kappa shape index (κ1) is 12.1. The molecule has 3 aromatic heterocycles. The Kier molecular flexibility index (Phi) is 2.10. The number of nitrogens with one attached hydrogen (secondary N) is 2. The molecule has 0 spiro atoms. The van der Waals surface area contributed by atoms with Crippen LogP contribution < -0.4 is 0 Å². The highest BCUT2D eigenvalue weighted by Crippen LogP contribution is 2.36. The Bertz CT molecular complexity index is 1400. The third kappa shape index (κ3) is 1.39. The molecule has 3 heterocycles. The number of pyridine rings is 1. The van der Waals surface area contributed by atoms with E-state index in [9.17, 15) is 0 Å². The number of para-hydroxylation sites is 1. The molecule has 0 aliphatic rings. The number of H-pyrrole nitrogens is 2. The molecule has 2 N–H and O–H groups in total. The summed E-state index contributed by atoms with van der Waals surface area (Å²) in [5.74, 6) is 0. The lowest BCUT2D eigenvalue weighted by Gasteiger charge is -1.99. The number of aromatic amines is 2. The van der Waals surface area contributed by atoms with Crippen LogP contribution in [-0.4, -0.2) is 15.0 Å². The Morgan fingerprint density at radius 1 is 0.625 bits per heavy atom.